The second-order valence-corrected chi connectivity index (χ2v) is 6.59. The minimum atomic E-state index is -0.880. The first kappa shape index (κ1) is 16.5. The van der Waals surface area contributed by atoms with E-state index in [4.69, 9.17) is 0 Å². The van der Waals surface area contributed by atoms with Crippen molar-refractivity contribution >= 4 is 17.7 Å². The summed E-state index contributed by atoms with van der Waals surface area (Å²) in [7, 11) is 0. The van der Waals surface area contributed by atoms with Crippen LogP contribution in [0, 0.1) is 23.1 Å². The van der Waals surface area contributed by atoms with Crippen molar-refractivity contribution in [2.75, 3.05) is 0 Å². The Morgan fingerprint density at radius 3 is 2.35 bits per heavy atom. The molecule has 1 amide bonds. The van der Waals surface area contributed by atoms with E-state index in [9.17, 15) is 14.4 Å². The Morgan fingerprint density at radius 2 is 1.90 bits per heavy atom. The Morgan fingerprint density at radius 1 is 1.35 bits per heavy atom. The van der Waals surface area contributed by atoms with E-state index in [2.05, 4.69) is 11.4 Å². The highest BCUT2D eigenvalue weighted by Crippen LogP contribution is 2.24. The maximum Gasteiger partial charge on any atom is 0.234 e. The highest BCUT2D eigenvalue weighted by Gasteiger charge is 2.31. The summed E-state index contributed by atoms with van der Waals surface area (Å²) in [5.41, 5.74) is -0.880. The van der Waals surface area contributed by atoms with E-state index in [0.29, 0.717) is 0 Å². The molecule has 2 atom stereocenters. The van der Waals surface area contributed by atoms with E-state index in [1.807, 2.05) is 13.8 Å². The van der Waals surface area contributed by atoms with Crippen molar-refractivity contribution in [2.45, 2.75) is 43.4 Å². The molecule has 20 heavy (non-hydrogen) atoms. The van der Waals surface area contributed by atoms with Crippen LogP contribution in [0.2, 0.25) is 0 Å². The van der Waals surface area contributed by atoms with Gasteiger partial charge in [-0.1, -0.05) is 13.8 Å². The van der Waals surface area contributed by atoms with Crippen molar-refractivity contribution in [3.63, 3.8) is 0 Å². The van der Waals surface area contributed by atoms with E-state index in [1.165, 1.54) is 23.9 Å². The van der Waals surface area contributed by atoms with Gasteiger partial charge in [0.1, 0.15) is 11.4 Å². The molecule has 1 N–H and O–H groups in total. The fourth-order valence-electron chi connectivity index (χ4n) is 1.43. The quantitative estimate of drug-likeness (QED) is 0.847. The van der Waals surface area contributed by atoms with Crippen molar-refractivity contribution in [2.24, 2.45) is 5.92 Å². The molecule has 0 spiro atoms. The normalized spacial score (nSPS) is 15.2. The summed E-state index contributed by atoms with van der Waals surface area (Å²) in [6.45, 7) is 7.26. The topological polar surface area (TPSA) is 52.9 Å². The lowest BCUT2D eigenvalue weighted by atomic mass is 9.90. The van der Waals surface area contributed by atoms with Gasteiger partial charge in [0, 0.05) is 4.90 Å². The summed E-state index contributed by atoms with van der Waals surface area (Å²) in [4.78, 5) is 13.0. The number of benzene rings is 1. The molecule has 0 aliphatic heterocycles. The fourth-order valence-corrected chi connectivity index (χ4v) is 2.30. The van der Waals surface area contributed by atoms with Crippen molar-refractivity contribution in [3.05, 3.63) is 30.1 Å². The van der Waals surface area contributed by atoms with Crippen LogP contribution in [0.4, 0.5) is 4.39 Å². The average Bonchev–Trinajstić information content (AvgIpc) is 2.40. The number of carbonyl (C=O) groups is 1. The third-order valence-corrected chi connectivity index (χ3v) is 4.38. The molecule has 0 bridgehead atoms. The molecule has 0 radical (unpaired) electrons. The molecule has 108 valence electrons. The number of halogens is 1. The van der Waals surface area contributed by atoms with E-state index >= 15 is 0 Å². The number of hydrogen-bond donors (Lipinski definition) is 1. The average molecular weight is 294 g/mol. The summed E-state index contributed by atoms with van der Waals surface area (Å²) in [6.07, 6.45) is 0. The van der Waals surface area contributed by atoms with E-state index in [0.717, 1.165) is 4.90 Å². The molecule has 0 aliphatic carbocycles. The molecule has 0 unspecified atom stereocenters. The monoisotopic (exact) mass is 294 g/mol. The Balaban J connectivity index is 2.68. The second kappa shape index (κ2) is 6.76. The van der Waals surface area contributed by atoms with Crippen LogP contribution in [0.3, 0.4) is 0 Å². The van der Waals surface area contributed by atoms with Crippen LogP contribution < -0.4 is 5.32 Å². The third kappa shape index (κ3) is 4.24. The van der Waals surface area contributed by atoms with Gasteiger partial charge in [0.25, 0.3) is 0 Å². The summed E-state index contributed by atoms with van der Waals surface area (Å²) in [6, 6.07) is 8.14. The Labute approximate surface area is 123 Å². The molecule has 1 rings (SSSR count). The largest absolute Gasteiger partial charge is 0.337 e. The van der Waals surface area contributed by atoms with Gasteiger partial charge in [-0.2, -0.15) is 5.26 Å². The third-order valence-electron chi connectivity index (χ3n) is 3.27. The standard InChI is InChI=1S/C15H19FN2OS/c1-10(2)15(4,9-17)18-14(19)11(3)20-13-7-5-12(16)6-8-13/h5-8,10-11H,1-4H3,(H,18,19)/t11-,15-/m1/s1. The summed E-state index contributed by atoms with van der Waals surface area (Å²) >= 11 is 1.34. The minimum absolute atomic E-state index is 0.0134. The van der Waals surface area contributed by atoms with Crippen LogP contribution in [0.1, 0.15) is 27.7 Å². The SMILES string of the molecule is CC(C)[C@@](C)(C#N)NC(=O)[C@@H](C)Sc1ccc(F)cc1. The number of nitrogens with zero attached hydrogens (tertiary/aromatic N) is 1. The van der Waals surface area contributed by atoms with E-state index in [-0.39, 0.29) is 22.9 Å². The lowest BCUT2D eigenvalue weighted by Gasteiger charge is -2.28. The van der Waals surface area contributed by atoms with Gasteiger partial charge in [-0.3, -0.25) is 4.79 Å². The summed E-state index contributed by atoms with van der Waals surface area (Å²) in [5.74, 6) is -0.486. The molecule has 0 fully saturated rings. The number of amides is 1. The predicted molar refractivity (Wildman–Crippen MR) is 78.7 cm³/mol. The van der Waals surface area contributed by atoms with Gasteiger partial charge >= 0.3 is 0 Å². The van der Waals surface area contributed by atoms with Gasteiger partial charge in [-0.15, -0.1) is 11.8 Å². The minimum Gasteiger partial charge on any atom is -0.337 e. The maximum absolute atomic E-state index is 12.8. The van der Waals surface area contributed by atoms with Gasteiger partial charge in [0.15, 0.2) is 0 Å². The molecule has 5 heteroatoms. The number of nitriles is 1. The number of carbonyl (C=O) groups excluding carboxylic acids is 1. The molecule has 1 aromatic rings. The smallest absolute Gasteiger partial charge is 0.234 e. The first-order valence-corrected chi connectivity index (χ1v) is 7.32. The van der Waals surface area contributed by atoms with Crippen molar-refractivity contribution in [1.82, 2.24) is 5.32 Å². The second-order valence-electron chi connectivity index (χ2n) is 5.17. The molecule has 0 saturated heterocycles. The van der Waals surface area contributed by atoms with Gasteiger partial charge in [-0.25, -0.2) is 4.39 Å². The lowest BCUT2D eigenvalue weighted by Crippen LogP contribution is -2.51. The summed E-state index contributed by atoms with van der Waals surface area (Å²) in [5, 5.41) is 11.6. The number of hydrogen-bond acceptors (Lipinski definition) is 3. The predicted octanol–water partition coefficient (Wildman–Crippen LogP) is 3.36. The van der Waals surface area contributed by atoms with Gasteiger partial charge in [0.05, 0.1) is 11.3 Å². The number of rotatable bonds is 5. The molecule has 0 saturated carbocycles. The van der Waals surface area contributed by atoms with Gasteiger partial charge < -0.3 is 5.32 Å². The zero-order valence-electron chi connectivity index (χ0n) is 12.1. The zero-order chi connectivity index (χ0) is 15.3. The summed E-state index contributed by atoms with van der Waals surface area (Å²) < 4.78 is 12.8. The molecular weight excluding hydrogens is 275 g/mol. The molecular formula is C15H19FN2OS. The van der Waals surface area contributed by atoms with E-state index in [1.54, 1.807) is 26.0 Å². The Kier molecular flexibility index (Phi) is 5.58. The molecule has 0 aromatic heterocycles. The zero-order valence-corrected chi connectivity index (χ0v) is 12.9. The maximum atomic E-state index is 12.8. The molecule has 0 aliphatic rings. The van der Waals surface area contributed by atoms with Crippen LogP contribution in [0.25, 0.3) is 0 Å². The highest BCUT2D eigenvalue weighted by atomic mass is 32.2. The molecule has 1 aromatic carbocycles. The van der Waals surface area contributed by atoms with Crippen molar-refractivity contribution in [1.29, 1.82) is 5.26 Å². The van der Waals surface area contributed by atoms with Gasteiger partial charge in [-0.05, 0) is 44.0 Å². The molecule has 3 nitrogen and oxygen atoms in total. The highest BCUT2D eigenvalue weighted by molar-refractivity contribution is 8.00. The van der Waals surface area contributed by atoms with Crippen molar-refractivity contribution < 1.29 is 9.18 Å². The fraction of sp³-hybridized carbons (Fsp3) is 0.467. The van der Waals surface area contributed by atoms with Crippen molar-refractivity contribution in [3.8, 4) is 6.07 Å². The van der Waals surface area contributed by atoms with Crippen LogP contribution >= 0.6 is 11.8 Å². The Bertz CT molecular complexity index is 510. The first-order valence-electron chi connectivity index (χ1n) is 6.44. The molecule has 0 heterocycles. The Hall–Kier alpha value is -1.54. The van der Waals surface area contributed by atoms with Gasteiger partial charge in [0.2, 0.25) is 5.91 Å². The van der Waals surface area contributed by atoms with E-state index < -0.39 is 5.54 Å². The number of thioether (sulfide) groups is 1. The number of nitrogens with one attached hydrogen (secondary N) is 1. The lowest BCUT2D eigenvalue weighted by molar-refractivity contribution is -0.121. The van der Waals surface area contributed by atoms with Crippen LogP contribution in [-0.4, -0.2) is 16.7 Å². The van der Waals surface area contributed by atoms with Crippen LogP contribution in [0.15, 0.2) is 29.2 Å². The van der Waals surface area contributed by atoms with Crippen LogP contribution in [0.5, 0.6) is 0 Å². The van der Waals surface area contributed by atoms with Crippen LogP contribution in [-0.2, 0) is 4.79 Å². The first-order chi connectivity index (χ1) is 9.28.